The summed E-state index contributed by atoms with van der Waals surface area (Å²) in [4.78, 5) is 40.3. The fourth-order valence-corrected chi connectivity index (χ4v) is 4.69. The number of hydrogen-bond acceptors (Lipinski definition) is 6. The summed E-state index contributed by atoms with van der Waals surface area (Å²) in [6, 6.07) is 18.5. The number of rotatable bonds is 9. The summed E-state index contributed by atoms with van der Waals surface area (Å²) in [5.74, 6) is -0.733. The summed E-state index contributed by atoms with van der Waals surface area (Å²) in [5.41, 5.74) is 6.06. The number of nitrogens with two attached hydrogens (primary N) is 1. The minimum atomic E-state index is -1.16. The number of ether oxygens (including phenoxy) is 2. The van der Waals surface area contributed by atoms with Crippen molar-refractivity contribution in [1.82, 2.24) is 15.5 Å². The molecule has 0 bridgehead atoms. The fourth-order valence-electron chi connectivity index (χ4n) is 4.69. The van der Waals surface area contributed by atoms with Gasteiger partial charge in [0, 0.05) is 25.9 Å². The molecule has 0 saturated carbocycles. The lowest BCUT2D eigenvalue weighted by molar-refractivity contribution is -0.142. The Morgan fingerprint density at radius 2 is 1.81 bits per heavy atom. The van der Waals surface area contributed by atoms with Crippen LogP contribution in [0.1, 0.15) is 31.4 Å². The van der Waals surface area contributed by atoms with Gasteiger partial charge in [0.25, 0.3) is 0 Å². The maximum absolute atomic E-state index is 13.7. The normalized spacial score (nSPS) is 22.2. The number of nitrogens with one attached hydrogen (secondary N) is 2. The number of fused-ring (bicyclic) bond motifs is 1. The van der Waals surface area contributed by atoms with Crippen molar-refractivity contribution in [2.45, 2.75) is 56.5 Å². The molecule has 9 nitrogen and oxygen atoms in total. The zero-order valence-electron chi connectivity index (χ0n) is 20.7. The zero-order valence-corrected chi connectivity index (χ0v) is 20.7. The Morgan fingerprint density at radius 1 is 1.17 bits per heavy atom. The van der Waals surface area contributed by atoms with Crippen LogP contribution in [0.5, 0.6) is 0 Å². The van der Waals surface area contributed by atoms with Gasteiger partial charge in [0.2, 0.25) is 11.8 Å². The molecule has 2 aromatic rings. The van der Waals surface area contributed by atoms with Crippen molar-refractivity contribution in [3.05, 3.63) is 71.8 Å². The molecule has 2 aromatic carbocycles. The van der Waals surface area contributed by atoms with Gasteiger partial charge in [-0.1, -0.05) is 60.7 Å². The number of piperidine rings is 1. The Labute approximate surface area is 211 Å². The van der Waals surface area contributed by atoms with Gasteiger partial charge in [0.05, 0.1) is 18.8 Å². The first-order valence-corrected chi connectivity index (χ1v) is 12.2. The highest BCUT2D eigenvalue weighted by Crippen LogP contribution is 2.33. The molecular weight excluding hydrogens is 460 g/mol. The first kappa shape index (κ1) is 25.7. The van der Waals surface area contributed by atoms with Crippen LogP contribution in [0.25, 0.3) is 0 Å². The van der Waals surface area contributed by atoms with Crippen molar-refractivity contribution in [3.8, 4) is 0 Å². The maximum atomic E-state index is 13.7. The van der Waals surface area contributed by atoms with Crippen molar-refractivity contribution in [3.63, 3.8) is 0 Å². The molecule has 4 rings (SSSR count). The summed E-state index contributed by atoms with van der Waals surface area (Å²) in [6.45, 7) is 4.11. The maximum Gasteiger partial charge on any atom is 0.408 e. The molecule has 36 heavy (non-hydrogen) atoms. The molecule has 2 saturated heterocycles. The van der Waals surface area contributed by atoms with Gasteiger partial charge in [-0.3, -0.25) is 9.59 Å². The van der Waals surface area contributed by atoms with E-state index in [0.29, 0.717) is 26.0 Å². The Kier molecular flexibility index (Phi) is 7.61. The van der Waals surface area contributed by atoms with Crippen LogP contribution in [-0.4, -0.2) is 65.7 Å². The molecule has 0 spiro atoms. The molecule has 0 aliphatic carbocycles. The van der Waals surface area contributed by atoms with Gasteiger partial charge in [0.15, 0.2) is 0 Å². The first-order valence-electron chi connectivity index (χ1n) is 12.2. The van der Waals surface area contributed by atoms with Crippen LogP contribution in [0.4, 0.5) is 4.79 Å². The Hall–Kier alpha value is -3.43. The van der Waals surface area contributed by atoms with Crippen molar-refractivity contribution in [2.24, 2.45) is 5.73 Å². The van der Waals surface area contributed by atoms with Gasteiger partial charge in [-0.2, -0.15) is 0 Å². The second-order valence-electron chi connectivity index (χ2n) is 10.1. The number of carbonyl (C=O) groups is 3. The molecule has 9 heteroatoms. The zero-order chi connectivity index (χ0) is 25.8. The molecule has 2 unspecified atom stereocenters. The Morgan fingerprint density at radius 3 is 2.44 bits per heavy atom. The standard InChI is InChI=1S/C27H34N4O5/c1-26(2,28)24(33)29-21(17-35-16-20-11-7-4-8-12-20)23(32)31-14-13-22-27(18-31,30-25(34)36-22)15-19-9-5-3-6-10-19/h3-12,21-22H,13-18,28H2,1-2H3,(H,29,33)(H,30,34)/t21-,22?,27?/m1/s1. The molecule has 2 aliphatic heterocycles. The lowest BCUT2D eigenvalue weighted by Crippen LogP contribution is -2.65. The van der Waals surface area contributed by atoms with Gasteiger partial charge >= 0.3 is 6.09 Å². The number of carbonyl (C=O) groups excluding carboxylic acids is 3. The van der Waals surface area contributed by atoms with Crippen LogP contribution in [0.15, 0.2) is 60.7 Å². The van der Waals surface area contributed by atoms with Crippen LogP contribution in [0, 0.1) is 0 Å². The molecule has 2 aliphatic rings. The van der Waals surface area contributed by atoms with E-state index in [1.165, 1.54) is 0 Å². The van der Waals surface area contributed by atoms with E-state index < -0.39 is 29.1 Å². The van der Waals surface area contributed by atoms with Gasteiger partial charge in [0.1, 0.15) is 17.7 Å². The third-order valence-corrected chi connectivity index (χ3v) is 6.61. The number of hydrogen-bond donors (Lipinski definition) is 3. The molecule has 3 atom stereocenters. The summed E-state index contributed by atoms with van der Waals surface area (Å²) < 4.78 is 11.4. The van der Waals surface area contributed by atoms with Gasteiger partial charge in [-0.25, -0.2) is 4.79 Å². The Bertz CT molecular complexity index is 1070. The summed E-state index contributed by atoms with van der Waals surface area (Å²) in [7, 11) is 0. The van der Waals surface area contributed by atoms with Gasteiger partial charge in [-0.15, -0.1) is 0 Å². The third-order valence-electron chi connectivity index (χ3n) is 6.61. The molecule has 2 heterocycles. The molecular formula is C27H34N4O5. The number of likely N-dealkylation sites (tertiary alicyclic amines) is 1. The van der Waals surface area contributed by atoms with Crippen molar-refractivity contribution >= 4 is 17.9 Å². The lowest BCUT2D eigenvalue weighted by Gasteiger charge is -2.43. The average Bonchev–Trinajstić information content (AvgIpc) is 3.18. The van der Waals surface area contributed by atoms with E-state index in [1.807, 2.05) is 60.7 Å². The summed E-state index contributed by atoms with van der Waals surface area (Å²) in [6.07, 6.45) is 0.183. The van der Waals surface area contributed by atoms with Crippen LogP contribution in [0.2, 0.25) is 0 Å². The number of nitrogens with zero attached hydrogens (tertiary/aromatic N) is 1. The second kappa shape index (κ2) is 10.7. The first-order chi connectivity index (χ1) is 17.2. The average molecular weight is 495 g/mol. The quantitative estimate of drug-likeness (QED) is 0.488. The van der Waals surface area contributed by atoms with E-state index >= 15 is 0 Å². The molecule has 2 fully saturated rings. The molecule has 4 N–H and O–H groups in total. The van der Waals surface area contributed by atoms with Gasteiger partial charge in [-0.05, 0) is 25.0 Å². The molecule has 3 amide bonds. The third kappa shape index (κ3) is 6.03. The highest BCUT2D eigenvalue weighted by atomic mass is 16.6. The van der Waals surface area contributed by atoms with Crippen LogP contribution >= 0.6 is 0 Å². The highest BCUT2D eigenvalue weighted by molar-refractivity contribution is 5.91. The van der Waals surface area contributed by atoms with Gasteiger partial charge < -0.3 is 30.7 Å². The minimum absolute atomic E-state index is 0.00990. The minimum Gasteiger partial charge on any atom is -0.444 e. The van der Waals surface area contributed by atoms with E-state index in [9.17, 15) is 14.4 Å². The van der Waals surface area contributed by atoms with Crippen LogP contribution < -0.4 is 16.4 Å². The van der Waals surface area contributed by atoms with E-state index in [-0.39, 0.29) is 25.2 Å². The monoisotopic (exact) mass is 494 g/mol. The largest absolute Gasteiger partial charge is 0.444 e. The molecule has 0 radical (unpaired) electrons. The van der Waals surface area contributed by atoms with Crippen molar-refractivity contribution < 1.29 is 23.9 Å². The van der Waals surface area contributed by atoms with E-state index in [1.54, 1.807) is 18.7 Å². The SMILES string of the molecule is CC(C)(N)C(=O)N[C@H](COCc1ccccc1)C(=O)N1CCC2OC(=O)NC2(Cc2ccccc2)C1. The van der Waals surface area contributed by atoms with Crippen molar-refractivity contribution in [2.75, 3.05) is 19.7 Å². The predicted molar refractivity (Wildman–Crippen MR) is 134 cm³/mol. The van der Waals surface area contributed by atoms with E-state index in [0.717, 1.165) is 11.1 Å². The lowest BCUT2D eigenvalue weighted by atomic mass is 9.81. The topological polar surface area (TPSA) is 123 Å². The van der Waals surface area contributed by atoms with E-state index in [2.05, 4.69) is 10.6 Å². The fraction of sp³-hybridized carbons (Fsp3) is 0.444. The molecule has 0 aromatic heterocycles. The molecule has 192 valence electrons. The number of amides is 3. The second-order valence-corrected chi connectivity index (χ2v) is 10.1. The summed E-state index contributed by atoms with van der Waals surface area (Å²) >= 11 is 0. The highest BCUT2D eigenvalue weighted by Gasteiger charge is 2.53. The van der Waals surface area contributed by atoms with Crippen LogP contribution in [-0.2, 0) is 32.1 Å². The Balaban J connectivity index is 1.50. The van der Waals surface area contributed by atoms with Crippen LogP contribution in [0.3, 0.4) is 0 Å². The van der Waals surface area contributed by atoms with Crippen molar-refractivity contribution in [1.29, 1.82) is 0 Å². The number of alkyl carbamates (subject to hydrolysis) is 1. The summed E-state index contributed by atoms with van der Waals surface area (Å²) in [5, 5.41) is 5.75. The predicted octanol–water partition coefficient (Wildman–Crippen LogP) is 1.75. The number of benzene rings is 2. The van der Waals surface area contributed by atoms with E-state index in [4.69, 9.17) is 15.2 Å². The smallest absolute Gasteiger partial charge is 0.408 e.